The molecule has 1 nitrogen and oxygen atoms in total. The summed E-state index contributed by atoms with van der Waals surface area (Å²) in [6.07, 6.45) is 4.50. The van der Waals surface area contributed by atoms with Gasteiger partial charge in [-0.1, -0.05) is 33.8 Å². The lowest BCUT2D eigenvalue weighted by Crippen LogP contribution is -2.28. The smallest absolute Gasteiger partial charge is 0.0160 e. The highest BCUT2D eigenvalue weighted by molar-refractivity contribution is 4.74. The van der Waals surface area contributed by atoms with Crippen LogP contribution >= 0.6 is 0 Å². The van der Waals surface area contributed by atoms with Crippen molar-refractivity contribution in [2.24, 2.45) is 5.41 Å². The van der Waals surface area contributed by atoms with Crippen molar-refractivity contribution in [3.05, 3.63) is 12.7 Å². The van der Waals surface area contributed by atoms with Crippen LogP contribution in [0.1, 0.15) is 40.5 Å². The van der Waals surface area contributed by atoms with Gasteiger partial charge in [0.15, 0.2) is 0 Å². The van der Waals surface area contributed by atoms with E-state index in [-0.39, 0.29) is 0 Å². The van der Waals surface area contributed by atoms with Crippen molar-refractivity contribution in [2.75, 3.05) is 19.6 Å². The molecule has 0 saturated heterocycles. The molecule has 0 radical (unpaired) electrons. The third-order valence-electron chi connectivity index (χ3n) is 2.11. The molecule has 0 heterocycles. The topological polar surface area (TPSA) is 3.24 Å². The van der Waals surface area contributed by atoms with E-state index in [1.165, 1.54) is 25.9 Å². The van der Waals surface area contributed by atoms with E-state index in [9.17, 15) is 0 Å². The van der Waals surface area contributed by atoms with Gasteiger partial charge in [0.25, 0.3) is 0 Å². The Morgan fingerprint density at radius 2 is 1.85 bits per heavy atom. The SMILES string of the molecule is C=CCN(CCC)CCC(C)(C)C. The molecule has 0 aromatic heterocycles. The van der Waals surface area contributed by atoms with E-state index in [1.807, 2.05) is 6.08 Å². The summed E-state index contributed by atoms with van der Waals surface area (Å²) in [6.45, 7) is 16.3. The van der Waals surface area contributed by atoms with E-state index in [1.54, 1.807) is 0 Å². The molecular weight excluding hydrogens is 158 g/mol. The van der Waals surface area contributed by atoms with E-state index in [2.05, 4.69) is 39.2 Å². The standard InChI is InChI=1S/C12H25N/c1-6-9-13(10-7-2)11-8-12(3,4)5/h6H,1,7-11H2,2-5H3. The molecule has 0 rings (SSSR count). The van der Waals surface area contributed by atoms with Crippen LogP contribution in [0.25, 0.3) is 0 Å². The van der Waals surface area contributed by atoms with E-state index < -0.39 is 0 Å². The Labute approximate surface area is 83.8 Å². The Morgan fingerprint density at radius 1 is 1.23 bits per heavy atom. The van der Waals surface area contributed by atoms with Crippen LogP contribution in [0, 0.1) is 5.41 Å². The monoisotopic (exact) mass is 183 g/mol. The second kappa shape index (κ2) is 6.20. The van der Waals surface area contributed by atoms with Gasteiger partial charge in [-0.3, -0.25) is 4.90 Å². The van der Waals surface area contributed by atoms with Crippen molar-refractivity contribution in [2.45, 2.75) is 40.5 Å². The van der Waals surface area contributed by atoms with Gasteiger partial charge in [0, 0.05) is 6.54 Å². The molecule has 0 fully saturated rings. The zero-order valence-corrected chi connectivity index (χ0v) is 9.77. The molecule has 0 atom stereocenters. The first kappa shape index (κ1) is 12.7. The lowest BCUT2D eigenvalue weighted by Gasteiger charge is -2.25. The average molecular weight is 183 g/mol. The lowest BCUT2D eigenvalue weighted by molar-refractivity contribution is 0.246. The van der Waals surface area contributed by atoms with Crippen LogP contribution in [-0.2, 0) is 0 Å². The molecule has 0 aliphatic rings. The highest BCUT2D eigenvalue weighted by atomic mass is 15.1. The van der Waals surface area contributed by atoms with Crippen molar-refractivity contribution < 1.29 is 0 Å². The number of hydrogen-bond acceptors (Lipinski definition) is 1. The molecule has 0 aliphatic carbocycles. The van der Waals surface area contributed by atoms with Crippen LogP contribution in [0.5, 0.6) is 0 Å². The van der Waals surface area contributed by atoms with E-state index in [4.69, 9.17) is 0 Å². The number of nitrogens with zero attached hydrogens (tertiary/aromatic N) is 1. The number of rotatable bonds is 6. The second-order valence-electron chi connectivity index (χ2n) is 4.90. The molecule has 0 saturated carbocycles. The first-order chi connectivity index (χ1) is 5.99. The lowest BCUT2D eigenvalue weighted by atomic mass is 9.92. The highest BCUT2D eigenvalue weighted by Gasteiger charge is 2.11. The maximum absolute atomic E-state index is 3.79. The summed E-state index contributed by atoms with van der Waals surface area (Å²) in [5, 5.41) is 0. The van der Waals surface area contributed by atoms with Gasteiger partial charge >= 0.3 is 0 Å². The van der Waals surface area contributed by atoms with E-state index in [0.717, 1.165) is 6.54 Å². The first-order valence-electron chi connectivity index (χ1n) is 5.33. The minimum atomic E-state index is 0.452. The summed E-state index contributed by atoms with van der Waals surface area (Å²) in [5.74, 6) is 0. The fourth-order valence-corrected chi connectivity index (χ4v) is 1.29. The van der Waals surface area contributed by atoms with Crippen molar-refractivity contribution in [3.8, 4) is 0 Å². The summed E-state index contributed by atoms with van der Waals surface area (Å²) < 4.78 is 0. The summed E-state index contributed by atoms with van der Waals surface area (Å²) in [6, 6.07) is 0. The third-order valence-corrected chi connectivity index (χ3v) is 2.11. The van der Waals surface area contributed by atoms with Crippen LogP contribution in [0.15, 0.2) is 12.7 Å². The Hall–Kier alpha value is -0.300. The van der Waals surface area contributed by atoms with Gasteiger partial charge in [-0.05, 0) is 31.3 Å². The maximum Gasteiger partial charge on any atom is 0.0160 e. The average Bonchev–Trinajstić information content (AvgIpc) is 2.00. The molecular formula is C12H25N. The Bertz CT molecular complexity index is 133. The summed E-state index contributed by atoms with van der Waals surface area (Å²) in [4.78, 5) is 2.47. The fraction of sp³-hybridized carbons (Fsp3) is 0.833. The molecule has 0 unspecified atom stereocenters. The van der Waals surface area contributed by atoms with Crippen LogP contribution in [0.2, 0.25) is 0 Å². The highest BCUT2D eigenvalue weighted by Crippen LogP contribution is 2.18. The van der Waals surface area contributed by atoms with Crippen molar-refractivity contribution in [3.63, 3.8) is 0 Å². The maximum atomic E-state index is 3.79. The normalized spacial score (nSPS) is 12.1. The summed E-state index contributed by atoms with van der Waals surface area (Å²) >= 11 is 0. The predicted molar refractivity (Wildman–Crippen MR) is 61.0 cm³/mol. The largest absolute Gasteiger partial charge is 0.300 e. The molecule has 0 spiro atoms. The summed E-state index contributed by atoms with van der Waals surface area (Å²) in [5.41, 5.74) is 0.452. The van der Waals surface area contributed by atoms with Gasteiger partial charge in [0.2, 0.25) is 0 Å². The zero-order valence-electron chi connectivity index (χ0n) is 9.77. The third kappa shape index (κ3) is 8.04. The van der Waals surface area contributed by atoms with Crippen LogP contribution < -0.4 is 0 Å². The van der Waals surface area contributed by atoms with Crippen molar-refractivity contribution in [1.82, 2.24) is 4.90 Å². The Kier molecular flexibility index (Phi) is 6.06. The molecule has 13 heavy (non-hydrogen) atoms. The molecule has 0 amide bonds. The van der Waals surface area contributed by atoms with Crippen LogP contribution in [-0.4, -0.2) is 24.5 Å². The van der Waals surface area contributed by atoms with Crippen LogP contribution in [0.3, 0.4) is 0 Å². The molecule has 0 aromatic carbocycles. The minimum Gasteiger partial charge on any atom is -0.300 e. The van der Waals surface area contributed by atoms with Crippen molar-refractivity contribution >= 4 is 0 Å². The molecule has 0 aromatic rings. The van der Waals surface area contributed by atoms with E-state index >= 15 is 0 Å². The van der Waals surface area contributed by atoms with E-state index in [0.29, 0.717) is 5.41 Å². The molecule has 0 bridgehead atoms. The van der Waals surface area contributed by atoms with Gasteiger partial charge in [-0.2, -0.15) is 0 Å². The number of hydrogen-bond donors (Lipinski definition) is 0. The van der Waals surface area contributed by atoms with Gasteiger partial charge < -0.3 is 0 Å². The second-order valence-corrected chi connectivity index (χ2v) is 4.90. The molecule has 0 aliphatic heterocycles. The zero-order chi connectivity index (χ0) is 10.3. The first-order valence-corrected chi connectivity index (χ1v) is 5.33. The molecule has 78 valence electrons. The molecule has 1 heteroatoms. The Balaban J connectivity index is 3.74. The fourth-order valence-electron chi connectivity index (χ4n) is 1.29. The Morgan fingerprint density at radius 3 is 2.23 bits per heavy atom. The predicted octanol–water partition coefficient (Wildman–Crippen LogP) is 3.32. The summed E-state index contributed by atoms with van der Waals surface area (Å²) in [7, 11) is 0. The molecule has 0 N–H and O–H groups in total. The minimum absolute atomic E-state index is 0.452. The van der Waals surface area contributed by atoms with Crippen molar-refractivity contribution in [1.29, 1.82) is 0 Å². The van der Waals surface area contributed by atoms with Gasteiger partial charge in [0.1, 0.15) is 0 Å². The van der Waals surface area contributed by atoms with Gasteiger partial charge in [-0.15, -0.1) is 6.58 Å². The van der Waals surface area contributed by atoms with Crippen LogP contribution in [0.4, 0.5) is 0 Å². The quantitative estimate of drug-likeness (QED) is 0.571. The van der Waals surface area contributed by atoms with Gasteiger partial charge in [-0.25, -0.2) is 0 Å². The van der Waals surface area contributed by atoms with Gasteiger partial charge in [0.05, 0.1) is 0 Å².